The standard InChI is InChI=1S/C7H4Cl2F2N2O/c8-4-1-3(2-5(9)13-4)12-7(14)6(10)11/h1-2,6H,(H,12,13,14). The number of nitrogens with zero attached hydrogens (tertiary/aromatic N) is 1. The van der Waals surface area contributed by atoms with Crippen molar-refractivity contribution in [3.8, 4) is 0 Å². The van der Waals surface area contributed by atoms with E-state index in [0.717, 1.165) is 0 Å². The first kappa shape index (κ1) is 11.1. The molecule has 0 aliphatic rings. The summed E-state index contributed by atoms with van der Waals surface area (Å²) in [6.45, 7) is 0. The van der Waals surface area contributed by atoms with Gasteiger partial charge in [-0.25, -0.2) is 4.98 Å². The summed E-state index contributed by atoms with van der Waals surface area (Å²) in [6.07, 6.45) is -3.08. The Labute approximate surface area is 88.0 Å². The first-order valence-electron chi connectivity index (χ1n) is 3.41. The van der Waals surface area contributed by atoms with E-state index in [1.165, 1.54) is 12.1 Å². The maximum atomic E-state index is 11.8. The van der Waals surface area contributed by atoms with Gasteiger partial charge in [-0.2, -0.15) is 8.78 Å². The predicted octanol–water partition coefficient (Wildman–Crippen LogP) is 2.59. The molecule has 0 bridgehead atoms. The van der Waals surface area contributed by atoms with Crippen LogP contribution in [0.25, 0.3) is 0 Å². The molecule has 1 amide bonds. The summed E-state index contributed by atoms with van der Waals surface area (Å²) in [6, 6.07) is 2.43. The quantitative estimate of drug-likeness (QED) is 0.808. The molecule has 0 saturated carbocycles. The Hall–Kier alpha value is -0.940. The second kappa shape index (κ2) is 4.52. The third-order valence-corrected chi connectivity index (χ3v) is 1.62. The van der Waals surface area contributed by atoms with Gasteiger partial charge in [0.15, 0.2) is 0 Å². The molecule has 0 radical (unpaired) electrons. The van der Waals surface area contributed by atoms with Gasteiger partial charge in [0.2, 0.25) is 0 Å². The average molecular weight is 241 g/mol. The molecule has 0 fully saturated rings. The summed E-state index contributed by atoms with van der Waals surface area (Å²) < 4.78 is 23.6. The molecule has 1 aromatic heterocycles. The lowest BCUT2D eigenvalue weighted by Crippen LogP contribution is -2.20. The van der Waals surface area contributed by atoms with Crippen molar-refractivity contribution in [2.75, 3.05) is 5.32 Å². The number of hydrogen-bond donors (Lipinski definition) is 1. The highest BCUT2D eigenvalue weighted by molar-refractivity contribution is 6.32. The summed E-state index contributed by atoms with van der Waals surface area (Å²) in [5, 5.41) is 1.96. The van der Waals surface area contributed by atoms with Crippen LogP contribution in [0.15, 0.2) is 12.1 Å². The largest absolute Gasteiger partial charge is 0.321 e. The fraction of sp³-hybridized carbons (Fsp3) is 0.143. The Kier molecular flexibility index (Phi) is 3.60. The second-order valence-corrected chi connectivity index (χ2v) is 3.07. The summed E-state index contributed by atoms with van der Waals surface area (Å²) >= 11 is 11.0. The van der Waals surface area contributed by atoms with E-state index in [4.69, 9.17) is 23.2 Å². The predicted molar refractivity (Wildman–Crippen MR) is 48.9 cm³/mol. The lowest BCUT2D eigenvalue weighted by Gasteiger charge is -2.04. The number of anilines is 1. The van der Waals surface area contributed by atoms with Crippen molar-refractivity contribution in [2.45, 2.75) is 6.43 Å². The summed E-state index contributed by atoms with van der Waals surface area (Å²) in [7, 11) is 0. The SMILES string of the molecule is O=C(Nc1cc(Cl)nc(Cl)c1)C(F)F. The second-order valence-electron chi connectivity index (χ2n) is 2.29. The van der Waals surface area contributed by atoms with Gasteiger partial charge < -0.3 is 5.32 Å². The lowest BCUT2D eigenvalue weighted by molar-refractivity contribution is -0.126. The molecular formula is C7H4Cl2F2N2O. The molecule has 0 saturated heterocycles. The summed E-state index contributed by atoms with van der Waals surface area (Å²) in [5.41, 5.74) is 0.0836. The molecule has 0 spiro atoms. The monoisotopic (exact) mass is 240 g/mol. The van der Waals surface area contributed by atoms with Crippen LogP contribution in [-0.4, -0.2) is 17.3 Å². The average Bonchev–Trinajstić information content (AvgIpc) is 2.01. The molecule has 76 valence electrons. The number of amides is 1. The molecule has 1 rings (SSSR count). The van der Waals surface area contributed by atoms with Crippen LogP contribution in [0.2, 0.25) is 10.3 Å². The van der Waals surface area contributed by atoms with Crippen molar-refractivity contribution in [1.29, 1.82) is 0 Å². The van der Waals surface area contributed by atoms with Gasteiger partial charge in [-0.05, 0) is 12.1 Å². The Morgan fingerprint density at radius 2 is 1.86 bits per heavy atom. The van der Waals surface area contributed by atoms with Gasteiger partial charge in [0.1, 0.15) is 10.3 Å². The number of nitrogens with one attached hydrogen (secondary N) is 1. The number of halogens is 4. The molecule has 0 atom stereocenters. The molecule has 1 N–H and O–H groups in total. The highest BCUT2D eigenvalue weighted by Crippen LogP contribution is 2.18. The van der Waals surface area contributed by atoms with Crippen molar-refractivity contribution in [3.05, 3.63) is 22.4 Å². The van der Waals surface area contributed by atoms with E-state index >= 15 is 0 Å². The first-order chi connectivity index (χ1) is 6.49. The van der Waals surface area contributed by atoms with E-state index in [2.05, 4.69) is 4.98 Å². The minimum Gasteiger partial charge on any atom is -0.321 e. The summed E-state index contributed by atoms with van der Waals surface area (Å²) in [5.74, 6) is -1.41. The molecule has 7 heteroatoms. The third-order valence-electron chi connectivity index (χ3n) is 1.23. The van der Waals surface area contributed by atoms with Crippen molar-refractivity contribution < 1.29 is 13.6 Å². The normalized spacial score (nSPS) is 10.4. The van der Waals surface area contributed by atoms with E-state index in [-0.39, 0.29) is 16.0 Å². The number of pyridine rings is 1. The maximum Gasteiger partial charge on any atom is 0.315 e. The van der Waals surface area contributed by atoms with Crippen LogP contribution in [0, 0.1) is 0 Å². The van der Waals surface area contributed by atoms with Crippen molar-refractivity contribution >= 4 is 34.8 Å². The Bertz CT molecular complexity index is 339. The number of alkyl halides is 2. The molecule has 0 aromatic carbocycles. The minimum atomic E-state index is -3.08. The highest BCUT2D eigenvalue weighted by atomic mass is 35.5. The van der Waals surface area contributed by atoms with Crippen LogP contribution in [0.5, 0.6) is 0 Å². The van der Waals surface area contributed by atoms with Crippen molar-refractivity contribution in [1.82, 2.24) is 4.98 Å². The van der Waals surface area contributed by atoms with Gasteiger partial charge >= 0.3 is 6.43 Å². The van der Waals surface area contributed by atoms with Gasteiger partial charge in [0, 0.05) is 5.69 Å². The molecule has 0 aliphatic carbocycles. The van der Waals surface area contributed by atoms with Gasteiger partial charge in [0.05, 0.1) is 0 Å². The molecular weight excluding hydrogens is 237 g/mol. The zero-order chi connectivity index (χ0) is 10.7. The topological polar surface area (TPSA) is 42.0 Å². The molecule has 14 heavy (non-hydrogen) atoms. The van der Waals surface area contributed by atoms with Crippen LogP contribution >= 0.6 is 23.2 Å². The maximum absolute atomic E-state index is 11.8. The van der Waals surface area contributed by atoms with Crippen molar-refractivity contribution in [3.63, 3.8) is 0 Å². The van der Waals surface area contributed by atoms with Crippen LogP contribution in [0.3, 0.4) is 0 Å². The summed E-state index contributed by atoms with van der Waals surface area (Å²) in [4.78, 5) is 14.1. The molecule has 1 aromatic rings. The Balaban J connectivity index is 2.82. The highest BCUT2D eigenvalue weighted by Gasteiger charge is 2.15. The fourth-order valence-corrected chi connectivity index (χ4v) is 1.19. The fourth-order valence-electron chi connectivity index (χ4n) is 0.734. The zero-order valence-corrected chi connectivity index (χ0v) is 8.11. The van der Waals surface area contributed by atoms with Gasteiger partial charge in [0.25, 0.3) is 5.91 Å². The molecule has 3 nitrogen and oxygen atoms in total. The van der Waals surface area contributed by atoms with Crippen LogP contribution in [-0.2, 0) is 4.79 Å². The molecule has 0 aliphatic heterocycles. The number of aromatic nitrogens is 1. The van der Waals surface area contributed by atoms with Crippen LogP contribution in [0.1, 0.15) is 0 Å². The van der Waals surface area contributed by atoms with Crippen molar-refractivity contribution in [2.24, 2.45) is 0 Å². The smallest absolute Gasteiger partial charge is 0.315 e. The van der Waals surface area contributed by atoms with E-state index in [0.29, 0.717) is 0 Å². The lowest BCUT2D eigenvalue weighted by atomic mass is 10.4. The number of hydrogen-bond acceptors (Lipinski definition) is 2. The Morgan fingerprint density at radius 1 is 1.36 bits per heavy atom. The van der Waals surface area contributed by atoms with Gasteiger partial charge in [-0.15, -0.1) is 0 Å². The van der Waals surface area contributed by atoms with E-state index in [9.17, 15) is 13.6 Å². The minimum absolute atomic E-state index is 0.0158. The number of carbonyl (C=O) groups excluding carboxylic acids is 1. The first-order valence-corrected chi connectivity index (χ1v) is 4.17. The van der Waals surface area contributed by atoms with E-state index in [1.54, 1.807) is 0 Å². The van der Waals surface area contributed by atoms with E-state index < -0.39 is 12.3 Å². The molecule has 1 heterocycles. The number of carbonyl (C=O) groups is 1. The molecule has 0 unspecified atom stereocenters. The van der Waals surface area contributed by atoms with Crippen LogP contribution < -0.4 is 5.32 Å². The van der Waals surface area contributed by atoms with E-state index in [1.807, 2.05) is 5.32 Å². The van der Waals surface area contributed by atoms with Gasteiger partial charge in [-0.1, -0.05) is 23.2 Å². The zero-order valence-electron chi connectivity index (χ0n) is 6.60. The third kappa shape index (κ3) is 3.08. The number of rotatable bonds is 2. The van der Waals surface area contributed by atoms with Gasteiger partial charge in [-0.3, -0.25) is 4.79 Å². The van der Waals surface area contributed by atoms with Crippen LogP contribution in [0.4, 0.5) is 14.5 Å². The Morgan fingerprint density at radius 3 is 2.29 bits per heavy atom.